The lowest BCUT2D eigenvalue weighted by molar-refractivity contribution is 0.0696. The van der Waals surface area contributed by atoms with E-state index in [1.54, 1.807) is 10.9 Å². The van der Waals surface area contributed by atoms with Gasteiger partial charge in [-0.25, -0.2) is 4.79 Å². The summed E-state index contributed by atoms with van der Waals surface area (Å²) in [5.41, 5.74) is 0.223. The van der Waals surface area contributed by atoms with Crippen molar-refractivity contribution >= 4 is 5.97 Å². The summed E-state index contributed by atoms with van der Waals surface area (Å²) in [5.74, 6) is -0.947. The van der Waals surface area contributed by atoms with Gasteiger partial charge in [-0.2, -0.15) is 5.10 Å². The van der Waals surface area contributed by atoms with Crippen LogP contribution in [0.5, 0.6) is 0 Å². The molecule has 2 N–H and O–H groups in total. The average molecular weight is 210 g/mol. The Morgan fingerprint density at radius 1 is 1.40 bits per heavy atom. The Kier molecular flexibility index (Phi) is 2.73. The fraction of sp³-hybridized carbons (Fsp3) is 0.600. The lowest BCUT2D eigenvalue weighted by atomic mass is 9.93. The van der Waals surface area contributed by atoms with E-state index in [0.29, 0.717) is 0 Å². The van der Waals surface area contributed by atoms with Crippen LogP contribution < -0.4 is 0 Å². The average Bonchev–Trinajstić information content (AvgIpc) is 2.68. The molecule has 1 aromatic rings. The maximum Gasteiger partial charge on any atom is 0.338 e. The van der Waals surface area contributed by atoms with Crippen molar-refractivity contribution in [1.82, 2.24) is 9.78 Å². The summed E-state index contributed by atoms with van der Waals surface area (Å²) in [6, 6.07) is 0.237. The van der Waals surface area contributed by atoms with Gasteiger partial charge in [0.15, 0.2) is 0 Å². The molecule has 0 saturated heterocycles. The van der Waals surface area contributed by atoms with Gasteiger partial charge in [-0.15, -0.1) is 0 Å². The molecule has 0 spiro atoms. The molecule has 5 nitrogen and oxygen atoms in total. The van der Waals surface area contributed by atoms with Crippen molar-refractivity contribution in [3.8, 4) is 0 Å². The molecule has 5 heteroatoms. The van der Waals surface area contributed by atoms with Gasteiger partial charge in [0, 0.05) is 6.20 Å². The topological polar surface area (TPSA) is 75.3 Å². The molecule has 1 aliphatic carbocycles. The van der Waals surface area contributed by atoms with Crippen LogP contribution >= 0.6 is 0 Å². The third-order valence-electron chi connectivity index (χ3n) is 2.89. The molecule has 1 heterocycles. The largest absolute Gasteiger partial charge is 0.478 e. The number of carboxylic acid groups (broad SMARTS) is 1. The zero-order chi connectivity index (χ0) is 10.8. The SMILES string of the molecule is O=C(O)c1cnn(C2CCC(O)CC2)c1. The number of aliphatic hydroxyl groups is 1. The summed E-state index contributed by atoms with van der Waals surface area (Å²) in [7, 11) is 0. The summed E-state index contributed by atoms with van der Waals surface area (Å²) in [4.78, 5) is 10.7. The number of aromatic nitrogens is 2. The van der Waals surface area contributed by atoms with Gasteiger partial charge in [0.05, 0.1) is 23.9 Å². The normalized spacial score (nSPS) is 26.5. The lowest BCUT2D eigenvalue weighted by Gasteiger charge is -2.25. The third-order valence-corrected chi connectivity index (χ3v) is 2.89. The van der Waals surface area contributed by atoms with Crippen LogP contribution in [0.25, 0.3) is 0 Å². The molecule has 82 valence electrons. The van der Waals surface area contributed by atoms with Gasteiger partial charge in [-0.1, -0.05) is 0 Å². The van der Waals surface area contributed by atoms with Crippen molar-refractivity contribution in [2.75, 3.05) is 0 Å². The van der Waals surface area contributed by atoms with E-state index >= 15 is 0 Å². The number of nitrogens with zero attached hydrogens (tertiary/aromatic N) is 2. The van der Waals surface area contributed by atoms with Crippen LogP contribution in [0.15, 0.2) is 12.4 Å². The van der Waals surface area contributed by atoms with Crippen molar-refractivity contribution in [3.05, 3.63) is 18.0 Å². The quantitative estimate of drug-likeness (QED) is 0.765. The summed E-state index contributed by atoms with van der Waals surface area (Å²) in [5, 5.41) is 22.1. The number of hydrogen-bond acceptors (Lipinski definition) is 3. The van der Waals surface area contributed by atoms with E-state index in [1.807, 2.05) is 0 Å². The maximum absolute atomic E-state index is 10.7. The predicted molar refractivity (Wildman–Crippen MR) is 52.7 cm³/mol. The van der Waals surface area contributed by atoms with Crippen molar-refractivity contribution < 1.29 is 15.0 Å². The molecule has 1 aliphatic rings. The predicted octanol–water partition coefficient (Wildman–Crippen LogP) is 1.06. The number of hydrogen-bond donors (Lipinski definition) is 2. The first kappa shape index (κ1) is 10.2. The van der Waals surface area contributed by atoms with Gasteiger partial charge in [-0.3, -0.25) is 4.68 Å². The zero-order valence-electron chi connectivity index (χ0n) is 8.33. The molecule has 0 aliphatic heterocycles. The first-order chi connectivity index (χ1) is 7.16. The maximum atomic E-state index is 10.7. The van der Waals surface area contributed by atoms with Crippen molar-refractivity contribution in [1.29, 1.82) is 0 Å². The molecule has 1 saturated carbocycles. The molecule has 1 fully saturated rings. The first-order valence-electron chi connectivity index (χ1n) is 5.12. The van der Waals surface area contributed by atoms with E-state index in [4.69, 9.17) is 5.11 Å². The fourth-order valence-electron chi connectivity index (χ4n) is 1.97. The summed E-state index contributed by atoms with van der Waals surface area (Å²) in [6.45, 7) is 0. The minimum Gasteiger partial charge on any atom is -0.478 e. The van der Waals surface area contributed by atoms with Crippen LogP contribution in [-0.4, -0.2) is 32.1 Å². The highest BCUT2D eigenvalue weighted by Gasteiger charge is 2.21. The van der Waals surface area contributed by atoms with E-state index in [2.05, 4.69) is 5.10 Å². The second-order valence-electron chi connectivity index (χ2n) is 3.98. The van der Waals surface area contributed by atoms with Crippen molar-refractivity contribution in [2.45, 2.75) is 37.8 Å². The van der Waals surface area contributed by atoms with E-state index in [-0.39, 0.29) is 17.7 Å². The highest BCUT2D eigenvalue weighted by molar-refractivity contribution is 5.86. The molecule has 0 amide bonds. The minimum absolute atomic E-state index is 0.198. The first-order valence-corrected chi connectivity index (χ1v) is 5.12. The van der Waals surface area contributed by atoms with Gasteiger partial charge in [-0.05, 0) is 25.7 Å². The standard InChI is InChI=1S/C10H14N2O3/c13-9-3-1-8(2-4-9)12-6-7(5-11-12)10(14)15/h5-6,8-9,13H,1-4H2,(H,14,15). The molecule has 0 atom stereocenters. The Bertz CT molecular complexity index is 353. The van der Waals surface area contributed by atoms with Crippen LogP contribution in [0.1, 0.15) is 42.1 Å². The Labute approximate surface area is 87.3 Å². The molecule has 1 aromatic heterocycles. The van der Waals surface area contributed by atoms with Crippen molar-refractivity contribution in [3.63, 3.8) is 0 Å². The summed E-state index contributed by atoms with van der Waals surface area (Å²) >= 11 is 0. The Hall–Kier alpha value is -1.36. The Morgan fingerprint density at radius 3 is 2.60 bits per heavy atom. The number of carboxylic acids is 1. The second-order valence-corrected chi connectivity index (χ2v) is 3.98. The highest BCUT2D eigenvalue weighted by atomic mass is 16.4. The van der Waals surface area contributed by atoms with Crippen molar-refractivity contribution in [2.24, 2.45) is 0 Å². The van der Waals surface area contributed by atoms with Gasteiger partial charge in [0.1, 0.15) is 0 Å². The smallest absolute Gasteiger partial charge is 0.338 e. The van der Waals surface area contributed by atoms with Gasteiger partial charge >= 0.3 is 5.97 Å². The molecule has 0 unspecified atom stereocenters. The molecular formula is C10H14N2O3. The lowest BCUT2D eigenvalue weighted by Crippen LogP contribution is -2.21. The third kappa shape index (κ3) is 2.18. The number of carbonyl (C=O) groups is 1. The Morgan fingerprint density at radius 2 is 2.07 bits per heavy atom. The molecule has 0 aromatic carbocycles. The van der Waals surface area contributed by atoms with Crippen LogP contribution in [0.3, 0.4) is 0 Å². The minimum atomic E-state index is -0.947. The van der Waals surface area contributed by atoms with Gasteiger partial charge in [0.25, 0.3) is 0 Å². The summed E-state index contributed by atoms with van der Waals surface area (Å²) in [6.07, 6.45) is 6.00. The molecular weight excluding hydrogens is 196 g/mol. The molecule has 0 bridgehead atoms. The summed E-state index contributed by atoms with van der Waals surface area (Å²) < 4.78 is 1.70. The van der Waals surface area contributed by atoms with E-state index in [0.717, 1.165) is 25.7 Å². The number of aliphatic hydroxyl groups excluding tert-OH is 1. The second kappa shape index (κ2) is 4.02. The van der Waals surface area contributed by atoms with Gasteiger partial charge in [0.2, 0.25) is 0 Å². The van der Waals surface area contributed by atoms with Gasteiger partial charge < -0.3 is 10.2 Å². The van der Waals surface area contributed by atoms with E-state index in [1.165, 1.54) is 6.20 Å². The molecule has 0 radical (unpaired) electrons. The van der Waals surface area contributed by atoms with E-state index in [9.17, 15) is 9.90 Å². The molecule has 15 heavy (non-hydrogen) atoms. The highest BCUT2D eigenvalue weighted by Crippen LogP contribution is 2.27. The Balaban J connectivity index is 2.06. The van der Waals surface area contributed by atoms with E-state index < -0.39 is 5.97 Å². The van der Waals surface area contributed by atoms with Crippen LogP contribution in [0.2, 0.25) is 0 Å². The van der Waals surface area contributed by atoms with Crippen LogP contribution in [-0.2, 0) is 0 Å². The van der Waals surface area contributed by atoms with Crippen LogP contribution in [0.4, 0.5) is 0 Å². The zero-order valence-corrected chi connectivity index (χ0v) is 8.33. The molecule has 2 rings (SSSR count). The fourth-order valence-corrected chi connectivity index (χ4v) is 1.97. The number of rotatable bonds is 2. The van der Waals surface area contributed by atoms with Crippen LogP contribution in [0, 0.1) is 0 Å². The number of aromatic carboxylic acids is 1. The monoisotopic (exact) mass is 210 g/mol.